The molecule has 0 amide bonds. The minimum atomic E-state index is -0.164. The van der Waals surface area contributed by atoms with Crippen LogP contribution in [0.5, 0.6) is 0 Å². The smallest absolute Gasteiger partial charge is 0.131 e. The van der Waals surface area contributed by atoms with Gasteiger partial charge in [0.05, 0.1) is 0 Å². The molecule has 3 heteroatoms. The van der Waals surface area contributed by atoms with Crippen LogP contribution in [0, 0.1) is 12.7 Å². The van der Waals surface area contributed by atoms with Crippen molar-refractivity contribution in [2.45, 2.75) is 25.8 Å². The Morgan fingerprint density at radius 1 is 1.54 bits per heavy atom. The molecule has 0 saturated heterocycles. The van der Waals surface area contributed by atoms with Crippen LogP contribution in [-0.4, -0.2) is 0 Å². The van der Waals surface area contributed by atoms with Crippen LogP contribution in [0.1, 0.15) is 29.2 Å². The number of hydrogen-bond donors (Lipinski definition) is 2. The quantitative estimate of drug-likeness (QED) is 0.596. The molecule has 0 radical (unpaired) electrons. The fraction of sp³-hybridized carbons (Fsp3) is 0.400. The van der Waals surface area contributed by atoms with Gasteiger partial charge in [-0.1, -0.05) is 0 Å². The van der Waals surface area contributed by atoms with Gasteiger partial charge in [-0.2, -0.15) is 0 Å². The van der Waals surface area contributed by atoms with Gasteiger partial charge in [0.25, 0.3) is 0 Å². The number of halogens is 1. The second kappa shape index (κ2) is 2.70. The van der Waals surface area contributed by atoms with E-state index < -0.39 is 0 Å². The third-order valence-corrected chi connectivity index (χ3v) is 2.79. The Hall–Kier alpha value is -1.09. The number of benzene rings is 1. The summed E-state index contributed by atoms with van der Waals surface area (Å²) in [6, 6.07) is 1.78. The van der Waals surface area contributed by atoms with Crippen molar-refractivity contribution in [3.63, 3.8) is 0 Å². The van der Waals surface area contributed by atoms with E-state index in [1.54, 1.807) is 6.92 Å². The lowest BCUT2D eigenvalue weighted by atomic mass is 10.0. The van der Waals surface area contributed by atoms with Crippen LogP contribution in [0.25, 0.3) is 0 Å². The van der Waals surface area contributed by atoms with Crippen molar-refractivity contribution >= 4 is 5.69 Å². The minimum absolute atomic E-state index is 0.0348. The van der Waals surface area contributed by atoms with Crippen LogP contribution in [-0.2, 0) is 6.42 Å². The number of nitrogens with two attached hydrogens (primary N) is 2. The van der Waals surface area contributed by atoms with Crippen LogP contribution < -0.4 is 11.5 Å². The first-order valence-corrected chi connectivity index (χ1v) is 4.44. The molecule has 0 saturated carbocycles. The van der Waals surface area contributed by atoms with Crippen molar-refractivity contribution < 1.29 is 4.39 Å². The topological polar surface area (TPSA) is 52.0 Å². The molecule has 70 valence electrons. The van der Waals surface area contributed by atoms with Gasteiger partial charge in [-0.15, -0.1) is 0 Å². The van der Waals surface area contributed by atoms with E-state index in [1.807, 2.05) is 6.07 Å². The zero-order chi connectivity index (χ0) is 9.59. The van der Waals surface area contributed by atoms with Crippen molar-refractivity contribution in [2.75, 3.05) is 5.73 Å². The van der Waals surface area contributed by atoms with Crippen molar-refractivity contribution in [3.8, 4) is 0 Å². The molecule has 1 aromatic rings. The van der Waals surface area contributed by atoms with Gasteiger partial charge in [0.1, 0.15) is 5.82 Å². The van der Waals surface area contributed by atoms with Gasteiger partial charge >= 0.3 is 0 Å². The second-order valence-electron chi connectivity index (χ2n) is 3.62. The Morgan fingerprint density at radius 2 is 2.23 bits per heavy atom. The Labute approximate surface area is 76.7 Å². The summed E-state index contributed by atoms with van der Waals surface area (Å²) >= 11 is 0. The predicted molar refractivity (Wildman–Crippen MR) is 50.8 cm³/mol. The molecule has 0 fully saturated rings. The summed E-state index contributed by atoms with van der Waals surface area (Å²) < 4.78 is 13.6. The summed E-state index contributed by atoms with van der Waals surface area (Å²) in [7, 11) is 0. The maximum atomic E-state index is 13.6. The highest BCUT2D eigenvalue weighted by Crippen LogP contribution is 2.34. The van der Waals surface area contributed by atoms with E-state index in [0.717, 1.165) is 24.0 Å². The molecule has 1 aliphatic rings. The summed E-state index contributed by atoms with van der Waals surface area (Å²) in [5.41, 5.74) is 14.2. The lowest BCUT2D eigenvalue weighted by Crippen LogP contribution is -2.07. The average molecular weight is 180 g/mol. The second-order valence-corrected chi connectivity index (χ2v) is 3.62. The Balaban J connectivity index is 2.67. The molecule has 2 rings (SSSR count). The van der Waals surface area contributed by atoms with Crippen LogP contribution in [0.3, 0.4) is 0 Å². The van der Waals surface area contributed by atoms with Gasteiger partial charge in [-0.25, -0.2) is 4.39 Å². The van der Waals surface area contributed by atoms with Crippen molar-refractivity contribution in [2.24, 2.45) is 5.73 Å². The van der Waals surface area contributed by atoms with E-state index in [1.165, 1.54) is 0 Å². The Bertz CT molecular complexity index is 360. The van der Waals surface area contributed by atoms with Crippen LogP contribution in [0.15, 0.2) is 6.07 Å². The highest BCUT2D eigenvalue weighted by atomic mass is 19.1. The van der Waals surface area contributed by atoms with E-state index in [-0.39, 0.29) is 11.9 Å². The largest absolute Gasteiger partial charge is 0.398 e. The van der Waals surface area contributed by atoms with E-state index in [4.69, 9.17) is 11.5 Å². The Kier molecular flexibility index (Phi) is 1.77. The molecule has 0 aromatic heterocycles. The van der Waals surface area contributed by atoms with Gasteiger partial charge in [0.2, 0.25) is 0 Å². The van der Waals surface area contributed by atoms with E-state index >= 15 is 0 Å². The van der Waals surface area contributed by atoms with Crippen LogP contribution in [0.4, 0.5) is 10.1 Å². The molecule has 1 aromatic carbocycles. The van der Waals surface area contributed by atoms with Crippen molar-refractivity contribution in [1.29, 1.82) is 0 Å². The number of nitrogen functional groups attached to an aromatic ring is 1. The first kappa shape index (κ1) is 8.51. The molecule has 0 bridgehead atoms. The molecule has 2 nitrogen and oxygen atoms in total. The van der Waals surface area contributed by atoms with Gasteiger partial charge < -0.3 is 11.5 Å². The monoisotopic (exact) mass is 180 g/mol. The first-order valence-electron chi connectivity index (χ1n) is 4.44. The number of hydrogen-bond acceptors (Lipinski definition) is 2. The molecular weight excluding hydrogens is 167 g/mol. The van der Waals surface area contributed by atoms with Crippen molar-refractivity contribution in [3.05, 3.63) is 28.6 Å². The normalized spacial score (nSPS) is 20.4. The zero-order valence-corrected chi connectivity index (χ0v) is 7.60. The third kappa shape index (κ3) is 1.11. The molecule has 0 unspecified atom stereocenters. The molecule has 0 spiro atoms. The van der Waals surface area contributed by atoms with Gasteiger partial charge in [-0.3, -0.25) is 0 Å². The molecule has 0 aliphatic heterocycles. The third-order valence-electron chi connectivity index (χ3n) is 2.79. The van der Waals surface area contributed by atoms with Gasteiger partial charge in [0, 0.05) is 17.3 Å². The minimum Gasteiger partial charge on any atom is -0.398 e. The highest BCUT2D eigenvalue weighted by molar-refractivity contribution is 5.54. The predicted octanol–water partition coefficient (Wildman–Crippen LogP) is 1.66. The first-order chi connectivity index (χ1) is 6.11. The average Bonchev–Trinajstić information content (AvgIpc) is 2.45. The lowest BCUT2D eigenvalue weighted by Gasteiger charge is -2.09. The van der Waals surface area contributed by atoms with Crippen LogP contribution in [0.2, 0.25) is 0 Å². The molecule has 4 N–H and O–H groups in total. The van der Waals surface area contributed by atoms with Gasteiger partial charge in [-0.05, 0) is 37.0 Å². The Morgan fingerprint density at radius 3 is 2.92 bits per heavy atom. The molecular formula is C10H13FN2. The molecule has 1 aliphatic carbocycles. The summed E-state index contributed by atoms with van der Waals surface area (Å²) in [4.78, 5) is 0. The SMILES string of the molecule is Cc1c(N)cc2c(c1F)CC[C@@H]2N. The van der Waals surface area contributed by atoms with E-state index in [9.17, 15) is 4.39 Å². The van der Waals surface area contributed by atoms with Gasteiger partial charge in [0.15, 0.2) is 0 Å². The standard InChI is InChI=1S/C10H13FN2/c1-5-9(13)4-7-6(10(5)11)2-3-8(7)12/h4,8H,2-3,12-13H2,1H3/t8-/m0/s1. The fourth-order valence-electron chi connectivity index (χ4n) is 1.88. The molecule has 0 heterocycles. The number of anilines is 1. The van der Waals surface area contributed by atoms with E-state index in [2.05, 4.69) is 0 Å². The van der Waals surface area contributed by atoms with Crippen molar-refractivity contribution in [1.82, 2.24) is 0 Å². The fourth-order valence-corrected chi connectivity index (χ4v) is 1.88. The maximum absolute atomic E-state index is 13.6. The molecule has 13 heavy (non-hydrogen) atoms. The summed E-state index contributed by atoms with van der Waals surface area (Å²) in [5.74, 6) is -0.164. The summed E-state index contributed by atoms with van der Waals surface area (Å²) in [6.45, 7) is 1.70. The summed E-state index contributed by atoms with van der Waals surface area (Å²) in [6.07, 6.45) is 1.57. The highest BCUT2D eigenvalue weighted by Gasteiger charge is 2.24. The number of fused-ring (bicyclic) bond motifs is 1. The lowest BCUT2D eigenvalue weighted by molar-refractivity contribution is 0.604. The van der Waals surface area contributed by atoms with E-state index in [0.29, 0.717) is 11.3 Å². The van der Waals surface area contributed by atoms with Crippen LogP contribution >= 0.6 is 0 Å². The maximum Gasteiger partial charge on any atom is 0.131 e. The molecule has 1 atom stereocenters. The number of rotatable bonds is 0. The zero-order valence-electron chi connectivity index (χ0n) is 7.60. The summed E-state index contributed by atoms with van der Waals surface area (Å²) in [5, 5.41) is 0.